The zero-order chi connectivity index (χ0) is 21.1. The van der Waals surface area contributed by atoms with Crippen LogP contribution in [0.25, 0.3) is 22.2 Å². The SMILES string of the molecule is CCC(CC)Oc1nc(C)nc2c(-c3c(NC)cc(NC)cc3NC)cn(C)c12. The van der Waals surface area contributed by atoms with Crippen LogP contribution in [0.2, 0.25) is 0 Å². The van der Waals surface area contributed by atoms with E-state index in [0.717, 1.165) is 52.1 Å². The van der Waals surface area contributed by atoms with Crippen molar-refractivity contribution in [3.05, 3.63) is 24.2 Å². The predicted octanol–water partition coefficient (Wildman–Crippen LogP) is 4.64. The number of anilines is 3. The van der Waals surface area contributed by atoms with Gasteiger partial charge in [0, 0.05) is 62.6 Å². The van der Waals surface area contributed by atoms with E-state index < -0.39 is 0 Å². The van der Waals surface area contributed by atoms with Gasteiger partial charge in [0.2, 0.25) is 5.88 Å². The molecule has 2 heterocycles. The molecule has 0 saturated carbocycles. The normalized spacial score (nSPS) is 11.2. The van der Waals surface area contributed by atoms with Crippen LogP contribution in [-0.2, 0) is 7.05 Å². The minimum atomic E-state index is 0.140. The van der Waals surface area contributed by atoms with E-state index in [-0.39, 0.29) is 6.10 Å². The largest absolute Gasteiger partial charge is 0.473 e. The first-order valence-electron chi connectivity index (χ1n) is 10.2. The van der Waals surface area contributed by atoms with Gasteiger partial charge in [-0.1, -0.05) is 13.8 Å². The van der Waals surface area contributed by atoms with Gasteiger partial charge < -0.3 is 25.3 Å². The minimum absolute atomic E-state index is 0.140. The second kappa shape index (κ2) is 8.59. The zero-order valence-electron chi connectivity index (χ0n) is 18.5. The van der Waals surface area contributed by atoms with Crippen molar-refractivity contribution in [1.29, 1.82) is 0 Å². The first-order valence-corrected chi connectivity index (χ1v) is 10.2. The highest BCUT2D eigenvalue weighted by molar-refractivity contribution is 6.03. The van der Waals surface area contributed by atoms with Gasteiger partial charge in [-0.05, 0) is 31.9 Å². The number of rotatable bonds is 8. The molecule has 0 bridgehead atoms. The molecule has 1 aromatic carbocycles. The van der Waals surface area contributed by atoms with E-state index in [2.05, 4.69) is 57.7 Å². The van der Waals surface area contributed by atoms with E-state index in [1.165, 1.54) is 0 Å². The van der Waals surface area contributed by atoms with Gasteiger partial charge in [-0.25, -0.2) is 4.98 Å². The van der Waals surface area contributed by atoms with Crippen molar-refractivity contribution in [3.63, 3.8) is 0 Å². The Bertz CT molecular complexity index is 981. The number of nitrogens with zero attached hydrogens (tertiary/aromatic N) is 3. The minimum Gasteiger partial charge on any atom is -0.473 e. The van der Waals surface area contributed by atoms with E-state index in [1.54, 1.807) is 0 Å². The fourth-order valence-electron chi connectivity index (χ4n) is 3.72. The number of nitrogens with one attached hydrogen (secondary N) is 3. The molecule has 0 radical (unpaired) electrons. The van der Waals surface area contributed by atoms with Gasteiger partial charge in [-0.15, -0.1) is 0 Å². The fraction of sp³-hybridized carbons (Fsp3) is 0.455. The molecule has 156 valence electrons. The Morgan fingerprint density at radius 1 is 1.00 bits per heavy atom. The average molecular weight is 397 g/mol. The third-order valence-corrected chi connectivity index (χ3v) is 5.32. The highest BCUT2D eigenvalue weighted by Gasteiger charge is 2.22. The molecule has 0 fully saturated rings. The Morgan fingerprint density at radius 2 is 1.62 bits per heavy atom. The smallest absolute Gasteiger partial charge is 0.242 e. The van der Waals surface area contributed by atoms with Crippen molar-refractivity contribution in [2.24, 2.45) is 7.05 Å². The lowest BCUT2D eigenvalue weighted by Gasteiger charge is -2.17. The van der Waals surface area contributed by atoms with Gasteiger partial charge in [0.1, 0.15) is 23.0 Å². The van der Waals surface area contributed by atoms with E-state index in [1.807, 2.05) is 35.1 Å². The van der Waals surface area contributed by atoms with E-state index in [9.17, 15) is 0 Å². The van der Waals surface area contributed by atoms with Crippen LogP contribution in [0.3, 0.4) is 0 Å². The Balaban J connectivity index is 2.29. The van der Waals surface area contributed by atoms with Crippen LogP contribution in [0.5, 0.6) is 5.88 Å². The van der Waals surface area contributed by atoms with Gasteiger partial charge in [-0.2, -0.15) is 4.98 Å². The van der Waals surface area contributed by atoms with Crippen LogP contribution < -0.4 is 20.7 Å². The molecule has 0 aliphatic rings. The lowest BCUT2D eigenvalue weighted by atomic mass is 10.0. The lowest BCUT2D eigenvalue weighted by Crippen LogP contribution is -2.15. The molecule has 3 N–H and O–H groups in total. The number of fused-ring (bicyclic) bond motifs is 1. The molecule has 0 atom stereocenters. The summed E-state index contributed by atoms with van der Waals surface area (Å²) in [4.78, 5) is 9.42. The van der Waals surface area contributed by atoms with Crippen LogP contribution in [0, 0.1) is 6.92 Å². The zero-order valence-corrected chi connectivity index (χ0v) is 18.5. The first-order chi connectivity index (χ1) is 14.0. The van der Waals surface area contributed by atoms with Crippen molar-refractivity contribution in [2.75, 3.05) is 37.1 Å². The molecule has 0 spiro atoms. The molecule has 0 amide bonds. The summed E-state index contributed by atoms with van der Waals surface area (Å²) in [5.74, 6) is 1.36. The third kappa shape index (κ3) is 3.81. The van der Waals surface area contributed by atoms with Gasteiger partial charge in [-0.3, -0.25) is 0 Å². The molecular weight excluding hydrogens is 364 g/mol. The summed E-state index contributed by atoms with van der Waals surface area (Å²) in [7, 11) is 7.81. The standard InChI is InChI=1S/C22H32N6O/c1-8-15(9-2)29-22-21-20(26-13(3)27-22)16(12-28(21)7)19-17(24-5)10-14(23-4)11-18(19)25-6/h10-12,15,23-25H,8-9H2,1-7H3. The number of aryl methyl sites for hydroxylation is 2. The maximum atomic E-state index is 6.27. The van der Waals surface area contributed by atoms with Crippen LogP contribution >= 0.6 is 0 Å². The first kappa shape index (κ1) is 20.8. The van der Waals surface area contributed by atoms with Crippen LogP contribution in [0.4, 0.5) is 17.1 Å². The molecule has 2 aromatic heterocycles. The van der Waals surface area contributed by atoms with Crippen molar-refractivity contribution in [1.82, 2.24) is 14.5 Å². The van der Waals surface area contributed by atoms with Crippen LogP contribution in [-0.4, -0.2) is 41.8 Å². The Kier molecular flexibility index (Phi) is 6.15. The summed E-state index contributed by atoms with van der Waals surface area (Å²) in [5, 5.41) is 9.89. The van der Waals surface area contributed by atoms with Gasteiger partial charge in [0.15, 0.2) is 0 Å². The summed E-state index contributed by atoms with van der Waals surface area (Å²) in [5.41, 5.74) is 7.00. The van der Waals surface area contributed by atoms with Crippen molar-refractivity contribution < 1.29 is 4.74 Å². The monoisotopic (exact) mass is 396 g/mol. The Hall–Kier alpha value is -2.96. The Morgan fingerprint density at radius 3 is 2.14 bits per heavy atom. The summed E-state index contributed by atoms with van der Waals surface area (Å²) >= 11 is 0. The molecule has 0 aliphatic heterocycles. The van der Waals surface area contributed by atoms with Gasteiger partial charge in [0.25, 0.3) is 0 Å². The van der Waals surface area contributed by atoms with Crippen molar-refractivity contribution in [3.8, 4) is 17.0 Å². The number of hydrogen-bond acceptors (Lipinski definition) is 6. The topological polar surface area (TPSA) is 76.0 Å². The highest BCUT2D eigenvalue weighted by atomic mass is 16.5. The Labute approximate surface area is 172 Å². The number of ether oxygens (including phenoxy) is 1. The lowest BCUT2D eigenvalue weighted by molar-refractivity contribution is 0.186. The summed E-state index contributed by atoms with van der Waals surface area (Å²) in [6.45, 7) is 6.19. The molecule has 3 aromatic rings. The van der Waals surface area contributed by atoms with Crippen LogP contribution in [0.1, 0.15) is 32.5 Å². The van der Waals surface area contributed by atoms with Crippen molar-refractivity contribution >= 4 is 28.1 Å². The van der Waals surface area contributed by atoms with Gasteiger partial charge >= 0.3 is 0 Å². The molecule has 0 saturated heterocycles. The average Bonchev–Trinajstić information content (AvgIpc) is 3.06. The summed E-state index contributed by atoms with van der Waals surface area (Å²) in [6.07, 6.45) is 4.13. The second-order valence-electron chi connectivity index (χ2n) is 7.18. The van der Waals surface area contributed by atoms with E-state index in [0.29, 0.717) is 11.7 Å². The number of aromatic nitrogens is 3. The molecule has 7 nitrogen and oxygen atoms in total. The van der Waals surface area contributed by atoms with E-state index >= 15 is 0 Å². The highest BCUT2D eigenvalue weighted by Crippen LogP contribution is 2.42. The fourth-order valence-corrected chi connectivity index (χ4v) is 3.72. The van der Waals surface area contributed by atoms with Crippen molar-refractivity contribution in [2.45, 2.75) is 39.7 Å². The van der Waals surface area contributed by atoms with Gasteiger partial charge in [0.05, 0.1) is 0 Å². The third-order valence-electron chi connectivity index (χ3n) is 5.32. The quantitative estimate of drug-likeness (QED) is 0.515. The molecule has 7 heteroatoms. The molecule has 0 unspecified atom stereocenters. The molecular formula is C22H32N6O. The van der Waals surface area contributed by atoms with Crippen LogP contribution in [0.15, 0.2) is 18.3 Å². The maximum Gasteiger partial charge on any atom is 0.242 e. The summed E-state index contributed by atoms with van der Waals surface area (Å²) in [6, 6.07) is 4.20. The number of benzene rings is 1. The number of hydrogen-bond donors (Lipinski definition) is 3. The second-order valence-corrected chi connectivity index (χ2v) is 7.18. The maximum absolute atomic E-state index is 6.27. The molecule has 0 aliphatic carbocycles. The van der Waals surface area contributed by atoms with E-state index in [4.69, 9.17) is 9.72 Å². The predicted molar refractivity (Wildman–Crippen MR) is 122 cm³/mol. The molecule has 29 heavy (non-hydrogen) atoms. The molecule has 3 rings (SSSR count). The summed E-state index contributed by atoms with van der Waals surface area (Å²) < 4.78 is 8.34.